The van der Waals surface area contributed by atoms with Gasteiger partial charge in [0.15, 0.2) is 0 Å². The lowest BCUT2D eigenvalue weighted by Crippen LogP contribution is -2.37. The molecule has 1 aromatic rings. The predicted octanol–water partition coefficient (Wildman–Crippen LogP) is 3.19. The lowest BCUT2D eigenvalue weighted by Gasteiger charge is -2.39. The summed E-state index contributed by atoms with van der Waals surface area (Å²) in [6, 6.07) is 8.32. The van der Waals surface area contributed by atoms with Crippen molar-refractivity contribution in [1.29, 1.82) is 0 Å². The average Bonchev–Trinajstić information content (AvgIpc) is 2.42. The molecular weight excluding hydrogens is 222 g/mol. The summed E-state index contributed by atoms with van der Waals surface area (Å²) in [5.74, 6) is 0. The molecule has 0 bridgehead atoms. The Bertz CT molecular complexity index is 363. The topological polar surface area (TPSA) is 23.5 Å². The third-order valence-electron chi connectivity index (χ3n) is 4.53. The number of hydrogen-bond acceptors (Lipinski definition) is 2. The molecule has 0 amide bonds. The lowest BCUT2D eigenvalue weighted by molar-refractivity contribution is 0.109. The van der Waals surface area contributed by atoms with Crippen LogP contribution in [-0.4, -0.2) is 23.1 Å². The van der Waals surface area contributed by atoms with Gasteiger partial charge in [-0.2, -0.15) is 0 Å². The molecule has 0 aliphatic carbocycles. The largest absolute Gasteiger partial charge is 0.392 e. The molecule has 2 heteroatoms. The van der Waals surface area contributed by atoms with E-state index >= 15 is 0 Å². The molecule has 100 valence electrons. The van der Waals surface area contributed by atoms with Crippen molar-refractivity contribution < 1.29 is 5.11 Å². The second-order valence-electron chi connectivity index (χ2n) is 5.91. The van der Waals surface area contributed by atoms with Crippen molar-refractivity contribution in [3.05, 3.63) is 35.4 Å². The molecule has 0 spiro atoms. The minimum Gasteiger partial charge on any atom is -0.392 e. The van der Waals surface area contributed by atoms with Crippen LogP contribution in [0.4, 0.5) is 0 Å². The molecule has 0 atom stereocenters. The van der Waals surface area contributed by atoms with Gasteiger partial charge in [0, 0.05) is 6.54 Å². The summed E-state index contributed by atoms with van der Waals surface area (Å²) in [6.45, 7) is 8.34. The highest BCUT2D eigenvalue weighted by molar-refractivity contribution is 5.21. The first-order valence-electron chi connectivity index (χ1n) is 7.06. The molecule has 0 saturated carbocycles. The van der Waals surface area contributed by atoms with Gasteiger partial charge in [0.25, 0.3) is 0 Å². The third kappa shape index (κ3) is 3.33. The first-order valence-corrected chi connectivity index (χ1v) is 7.06. The van der Waals surface area contributed by atoms with Crippen molar-refractivity contribution in [3.63, 3.8) is 0 Å². The Balaban J connectivity index is 1.87. The van der Waals surface area contributed by atoms with Crippen molar-refractivity contribution in [2.75, 3.05) is 13.1 Å². The van der Waals surface area contributed by atoms with E-state index in [1.54, 1.807) is 0 Å². The minimum absolute atomic E-state index is 0.138. The Hall–Kier alpha value is -0.860. The monoisotopic (exact) mass is 247 g/mol. The average molecular weight is 247 g/mol. The fourth-order valence-corrected chi connectivity index (χ4v) is 2.61. The van der Waals surface area contributed by atoms with Gasteiger partial charge < -0.3 is 5.11 Å². The SMILES string of the molecule is CCC1(C)CCN(Cc2ccc(CO)cc2)CC1. The summed E-state index contributed by atoms with van der Waals surface area (Å²) in [5, 5.41) is 9.02. The lowest BCUT2D eigenvalue weighted by atomic mass is 9.78. The number of aliphatic hydroxyl groups excluding tert-OH is 1. The summed E-state index contributed by atoms with van der Waals surface area (Å²) < 4.78 is 0. The maximum atomic E-state index is 9.02. The van der Waals surface area contributed by atoms with Crippen LogP contribution in [0.5, 0.6) is 0 Å². The third-order valence-corrected chi connectivity index (χ3v) is 4.53. The molecule has 1 fully saturated rings. The molecule has 2 rings (SSSR count). The van der Waals surface area contributed by atoms with E-state index in [-0.39, 0.29) is 6.61 Å². The van der Waals surface area contributed by atoms with E-state index in [0.29, 0.717) is 5.41 Å². The summed E-state index contributed by atoms with van der Waals surface area (Å²) in [4.78, 5) is 2.55. The number of piperidine rings is 1. The van der Waals surface area contributed by atoms with Crippen LogP contribution < -0.4 is 0 Å². The van der Waals surface area contributed by atoms with Gasteiger partial charge in [-0.25, -0.2) is 0 Å². The van der Waals surface area contributed by atoms with Gasteiger partial charge in [0.05, 0.1) is 6.61 Å². The van der Waals surface area contributed by atoms with E-state index in [9.17, 15) is 0 Å². The zero-order valence-electron chi connectivity index (χ0n) is 11.7. The smallest absolute Gasteiger partial charge is 0.0681 e. The molecule has 1 aromatic carbocycles. The Labute approximate surface area is 111 Å². The van der Waals surface area contributed by atoms with Gasteiger partial charge in [-0.05, 0) is 42.5 Å². The molecule has 1 saturated heterocycles. The van der Waals surface area contributed by atoms with Gasteiger partial charge in [-0.15, -0.1) is 0 Å². The fourth-order valence-electron chi connectivity index (χ4n) is 2.61. The van der Waals surface area contributed by atoms with Crippen LogP contribution in [0.25, 0.3) is 0 Å². The van der Waals surface area contributed by atoms with Gasteiger partial charge in [0.2, 0.25) is 0 Å². The van der Waals surface area contributed by atoms with Gasteiger partial charge in [-0.3, -0.25) is 4.90 Å². The highest BCUT2D eigenvalue weighted by Crippen LogP contribution is 2.34. The molecule has 1 heterocycles. The van der Waals surface area contributed by atoms with Crippen LogP contribution in [0.15, 0.2) is 24.3 Å². The summed E-state index contributed by atoms with van der Waals surface area (Å²) in [6.07, 6.45) is 3.93. The molecule has 18 heavy (non-hydrogen) atoms. The number of nitrogens with zero attached hydrogens (tertiary/aromatic N) is 1. The van der Waals surface area contributed by atoms with Crippen molar-refractivity contribution in [1.82, 2.24) is 4.90 Å². The first kappa shape index (κ1) is 13.6. The quantitative estimate of drug-likeness (QED) is 0.883. The molecule has 2 nitrogen and oxygen atoms in total. The summed E-state index contributed by atoms with van der Waals surface area (Å²) in [5.41, 5.74) is 2.92. The normalized spacial score (nSPS) is 19.9. The summed E-state index contributed by atoms with van der Waals surface area (Å²) >= 11 is 0. The highest BCUT2D eigenvalue weighted by atomic mass is 16.3. The Morgan fingerprint density at radius 2 is 1.67 bits per heavy atom. The second kappa shape index (κ2) is 5.85. The van der Waals surface area contributed by atoms with Crippen molar-refractivity contribution >= 4 is 0 Å². The Morgan fingerprint density at radius 3 is 2.17 bits per heavy atom. The summed E-state index contributed by atoms with van der Waals surface area (Å²) in [7, 11) is 0. The van der Waals surface area contributed by atoms with E-state index in [2.05, 4.69) is 30.9 Å². The molecule has 0 aromatic heterocycles. The van der Waals surface area contributed by atoms with Crippen LogP contribution in [0.1, 0.15) is 44.2 Å². The fraction of sp³-hybridized carbons (Fsp3) is 0.625. The number of likely N-dealkylation sites (tertiary alicyclic amines) is 1. The van der Waals surface area contributed by atoms with E-state index in [1.165, 1.54) is 37.9 Å². The van der Waals surface area contributed by atoms with Crippen molar-refractivity contribution in [3.8, 4) is 0 Å². The van der Waals surface area contributed by atoms with Gasteiger partial charge in [-0.1, -0.05) is 44.5 Å². The highest BCUT2D eigenvalue weighted by Gasteiger charge is 2.27. The van der Waals surface area contributed by atoms with E-state index in [4.69, 9.17) is 5.11 Å². The molecule has 0 unspecified atom stereocenters. The van der Waals surface area contributed by atoms with Crippen LogP contribution in [0.2, 0.25) is 0 Å². The van der Waals surface area contributed by atoms with Crippen molar-refractivity contribution in [2.24, 2.45) is 5.41 Å². The van der Waals surface area contributed by atoms with Gasteiger partial charge >= 0.3 is 0 Å². The van der Waals surface area contributed by atoms with Gasteiger partial charge in [0.1, 0.15) is 0 Å². The van der Waals surface area contributed by atoms with Crippen LogP contribution in [0.3, 0.4) is 0 Å². The number of benzene rings is 1. The Morgan fingerprint density at radius 1 is 1.11 bits per heavy atom. The standard InChI is InChI=1S/C16H25NO/c1-3-16(2)8-10-17(11-9-16)12-14-4-6-15(13-18)7-5-14/h4-7,18H,3,8-13H2,1-2H3. The van der Waals surface area contributed by atoms with Crippen LogP contribution in [0, 0.1) is 5.41 Å². The maximum Gasteiger partial charge on any atom is 0.0681 e. The number of rotatable bonds is 4. The maximum absolute atomic E-state index is 9.02. The zero-order valence-corrected chi connectivity index (χ0v) is 11.7. The van der Waals surface area contributed by atoms with E-state index in [0.717, 1.165) is 12.1 Å². The number of aliphatic hydroxyl groups is 1. The second-order valence-corrected chi connectivity index (χ2v) is 5.91. The van der Waals surface area contributed by atoms with Crippen LogP contribution >= 0.6 is 0 Å². The molecule has 1 N–H and O–H groups in total. The molecule has 0 radical (unpaired) electrons. The minimum atomic E-state index is 0.138. The van der Waals surface area contributed by atoms with E-state index in [1.807, 2.05) is 12.1 Å². The van der Waals surface area contributed by atoms with E-state index < -0.39 is 0 Å². The number of hydrogen-bond donors (Lipinski definition) is 1. The zero-order chi connectivity index (χ0) is 13.0. The molecular formula is C16H25NO. The Kier molecular flexibility index (Phi) is 4.41. The molecule has 1 aliphatic rings. The molecule has 1 aliphatic heterocycles. The van der Waals surface area contributed by atoms with Crippen molar-refractivity contribution in [2.45, 2.75) is 46.3 Å². The van der Waals surface area contributed by atoms with Crippen LogP contribution in [-0.2, 0) is 13.2 Å². The predicted molar refractivity (Wildman–Crippen MR) is 75.3 cm³/mol. The first-order chi connectivity index (χ1) is 8.65.